The number of carbonyl (C=O) groups is 1. The topological polar surface area (TPSA) is 50.4 Å². The molecule has 2 rings (SSSR count). The summed E-state index contributed by atoms with van der Waals surface area (Å²) in [4.78, 5) is 11.8. The minimum absolute atomic E-state index is 0.0318. The Labute approximate surface area is 122 Å². The molecule has 1 heterocycles. The molecule has 1 aromatic rings. The predicted molar refractivity (Wildman–Crippen MR) is 78.3 cm³/mol. The molecule has 0 aromatic heterocycles. The molecule has 0 bridgehead atoms. The zero-order valence-corrected chi connectivity index (χ0v) is 12.6. The van der Waals surface area contributed by atoms with Crippen molar-refractivity contribution in [2.24, 2.45) is 0 Å². The highest BCUT2D eigenvalue weighted by Crippen LogP contribution is 2.24. The smallest absolute Gasteiger partial charge is 0.237 e. The summed E-state index contributed by atoms with van der Waals surface area (Å²) in [5.74, 6) is 0.864. The van der Waals surface area contributed by atoms with Crippen LogP contribution in [0.1, 0.15) is 19.8 Å². The number of carbonyl (C=O) groups excluding carboxylic acids is 1. The van der Waals surface area contributed by atoms with Gasteiger partial charge in [-0.05, 0) is 54.4 Å². The summed E-state index contributed by atoms with van der Waals surface area (Å²) in [5, 5.41) is 6.10. The van der Waals surface area contributed by atoms with Gasteiger partial charge in [0, 0.05) is 0 Å². The van der Waals surface area contributed by atoms with Crippen LogP contribution in [-0.4, -0.2) is 31.1 Å². The molecule has 1 saturated heterocycles. The summed E-state index contributed by atoms with van der Waals surface area (Å²) in [5.41, 5.74) is 0. The molecule has 0 spiro atoms. The molecule has 1 aliphatic rings. The van der Waals surface area contributed by atoms with Crippen molar-refractivity contribution in [3.8, 4) is 5.75 Å². The van der Waals surface area contributed by atoms with Crippen LogP contribution in [-0.2, 0) is 4.79 Å². The number of nitrogens with one attached hydrogen (secondary N) is 2. The Morgan fingerprint density at radius 3 is 3.05 bits per heavy atom. The van der Waals surface area contributed by atoms with Gasteiger partial charge in [-0.25, -0.2) is 0 Å². The maximum atomic E-state index is 11.8. The van der Waals surface area contributed by atoms with Gasteiger partial charge in [0.1, 0.15) is 11.9 Å². The quantitative estimate of drug-likeness (QED) is 0.871. The summed E-state index contributed by atoms with van der Waals surface area (Å²) in [6.45, 7) is 3.39. The molecule has 0 saturated carbocycles. The van der Waals surface area contributed by atoms with Crippen molar-refractivity contribution in [1.82, 2.24) is 10.6 Å². The fourth-order valence-electron chi connectivity index (χ4n) is 2.07. The number of benzene rings is 1. The number of ether oxygens (including phenoxy) is 1. The van der Waals surface area contributed by atoms with Crippen molar-refractivity contribution >= 4 is 21.8 Å². The van der Waals surface area contributed by atoms with Gasteiger partial charge in [0.25, 0.3) is 0 Å². The average Bonchev–Trinajstić information content (AvgIpc) is 2.93. The average molecular weight is 327 g/mol. The molecule has 1 aromatic carbocycles. The molecule has 1 amide bonds. The minimum Gasteiger partial charge on any atom is -0.488 e. The second kappa shape index (κ2) is 6.91. The van der Waals surface area contributed by atoms with Crippen molar-refractivity contribution in [3.05, 3.63) is 28.7 Å². The number of hydrogen-bond donors (Lipinski definition) is 2. The molecule has 4 nitrogen and oxygen atoms in total. The Hall–Kier alpha value is -1.07. The van der Waals surface area contributed by atoms with E-state index in [9.17, 15) is 4.79 Å². The van der Waals surface area contributed by atoms with Gasteiger partial charge < -0.3 is 15.4 Å². The highest BCUT2D eigenvalue weighted by atomic mass is 79.9. The van der Waals surface area contributed by atoms with E-state index in [1.54, 1.807) is 0 Å². The first-order valence-corrected chi connectivity index (χ1v) is 7.38. The van der Waals surface area contributed by atoms with Gasteiger partial charge in [-0.1, -0.05) is 12.1 Å². The Balaban J connectivity index is 1.76. The van der Waals surface area contributed by atoms with Crippen LogP contribution in [0.3, 0.4) is 0 Å². The summed E-state index contributed by atoms with van der Waals surface area (Å²) in [6.07, 6.45) is 1.93. The van der Waals surface area contributed by atoms with Crippen molar-refractivity contribution in [2.45, 2.75) is 31.9 Å². The van der Waals surface area contributed by atoms with Gasteiger partial charge in [-0.3, -0.25) is 4.79 Å². The highest BCUT2D eigenvalue weighted by Gasteiger charge is 2.22. The first-order valence-electron chi connectivity index (χ1n) is 6.59. The number of halogens is 1. The molecule has 0 aliphatic carbocycles. The Morgan fingerprint density at radius 2 is 2.37 bits per heavy atom. The molecular formula is C14H19BrN2O2. The molecular weight excluding hydrogens is 308 g/mol. The third kappa shape index (κ3) is 4.21. The zero-order chi connectivity index (χ0) is 13.7. The van der Waals surface area contributed by atoms with Crippen molar-refractivity contribution in [3.63, 3.8) is 0 Å². The summed E-state index contributed by atoms with van der Waals surface area (Å²) in [6, 6.07) is 7.67. The molecule has 0 unspecified atom stereocenters. The van der Waals surface area contributed by atoms with Crippen molar-refractivity contribution in [2.75, 3.05) is 13.1 Å². The molecule has 19 heavy (non-hydrogen) atoms. The maximum absolute atomic E-state index is 11.8. The number of amides is 1. The number of para-hydroxylation sites is 1. The van der Waals surface area contributed by atoms with Crippen LogP contribution in [0, 0.1) is 0 Å². The van der Waals surface area contributed by atoms with Crippen molar-refractivity contribution in [1.29, 1.82) is 0 Å². The third-order valence-corrected chi connectivity index (χ3v) is 3.76. The maximum Gasteiger partial charge on any atom is 0.237 e. The monoisotopic (exact) mass is 326 g/mol. The summed E-state index contributed by atoms with van der Waals surface area (Å²) in [7, 11) is 0. The lowest BCUT2D eigenvalue weighted by molar-refractivity contribution is -0.123. The Bertz CT molecular complexity index is 433. The summed E-state index contributed by atoms with van der Waals surface area (Å²) < 4.78 is 6.70. The van der Waals surface area contributed by atoms with E-state index in [1.807, 2.05) is 31.2 Å². The lowest BCUT2D eigenvalue weighted by Gasteiger charge is -2.18. The van der Waals surface area contributed by atoms with Crippen LogP contribution in [0.2, 0.25) is 0 Å². The molecule has 2 atom stereocenters. The Morgan fingerprint density at radius 1 is 1.58 bits per heavy atom. The van der Waals surface area contributed by atoms with Gasteiger partial charge in [0.05, 0.1) is 17.1 Å². The van der Waals surface area contributed by atoms with Crippen LogP contribution >= 0.6 is 15.9 Å². The second-order valence-corrected chi connectivity index (χ2v) is 5.61. The van der Waals surface area contributed by atoms with Crippen LogP contribution in [0.15, 0.2) is 28.7 Å². The predicted octanol–water partition coefficient (Wildman–Crippen LogP) is 2.08. The van der Waals surface area contributed by atoms with E-state index in [1.165, 1.54) is 0 Å². The lowest BCUT2D eigenvalue weighted by Crippen LogP contribution is -2.43. The zero-order valence-electron chi connectivity index (χ0n) is 11.0. The van der Waals surface area contributed by atoms with E-state index < -0.39 is 0 Å². The molecule has 0 radical (unpaired) electrons. The molecule has 2 N–H and O–H groups in total. The van der Waals surface area contributed by atoms with Crippen LogP contribution in [0.5, 0.6) is 5.75 Å². The van der Waals surface area contributed by atoms with Gasteiger partial charge in [0.2, 0.25) is 5.91 Å². The van der Waals surface area contributed by atoms with Gasteiger partial charge in [0.15, 0.2) is 0 Å². The lowest BCUT2D eigenvalue weighted by atomic mass is 10.2. The number of hydrogen-bond acceptors (Lipinski definition) is 3. The van der Waals surface area contributed by atoms with Gasteiger partial charge >= 0.3 is 0 Å². The van der Waals surface area contributed by atoms with Crippen LogP contribution in [0.25, 0.3) is 0 Å². The third-order valence-electron chi connectivity index (χ3n) is 3.11. The molecule has 1 fully saturated rings. The van der Waals surface area contributed by atoms with E-state index in [2.05, 4.69) is 26.6 Å². The van der Waals surface area contributed by atoms with Crippen LogP contribution < -0.4 is 15.4 Å². The normalized spacial score (nSPS) is 20.0. The standard InChI is InChI=1S/C14H19BrN2O2/c1-10(19-13-7-3-2-5-11(13)15)9-17-14(18)12-6-4-8-16-12/h2-3,5,7,10,12,16H,4,6,8-9H2,1H3,(H,17,18)/t10-,12-/m0/s1. The second-order valence-electron chi connectivity index (χ2n) is 4.75. The Kier molecular flexibility index (Phi) is 5.22. The van der Waals surface area contributed by atoms with Gasteiger partial charge in [-0.15, -0.1) is 0 Å². The SMILES string of the molecule is C[C@@H](CNC(=O)[C@@H]1CCCN1)Oc1ccccc1Br. The van der Waals surface area contributed by atoms with E-state index in [4.69, 9.17) is 4.74 Å². The van der Waals surface area contributed by atoms with E-state index in [-0.39, 0.29) is 18.1 Å². The fraction of sp³-hybridized carbons (Fsp3) is 0.500. The molecule has 104 valence electrons. The number of rotatable bonds is 5. The van der Waals surface area contributed by atoms with Gasteiger partial charge in [-0.2, -0.15) is 0 Å². The molecule has 1 aliphatic heterocycles. The first-order chi connectivity index (χ1) is 9.16. The van der Waals surface area contributed by atoms with E-state index in [0.717, 1.165) is 29.6 Å². The summed E-state index contributed by atoms with van der Waals surface area (Å²) >= 11 is 3.44. The highest BCUT2D eigenvalue weighted by molar-refractivity contribution is 9.10. The largest absolute Gasteiger partial charge is 0.488 e. The van der Waals surface area contributed by atoms with Crippen molar-refractivity contribution < 1.29 is 9.53 Å². The van der Waals surface area contributed by atoms with Crippen LogP contribution in [0.4, 0.5) is 0 Å². The van der Waals surface area contributed by atoms with E-state index in [0.29, 0.717) is 6.54 Å². The fourth-order valence-corrected chi connectivity index (χ4v) is 2.45. The molecule has 5 heteroatoms. The minimum atomic E-state index is -0.0657. The van der Waals surface area contributed by atoms with E-state index >= 15 is 0 Å². The first kappa shape index (κ1) is 14.3.